The SMILES string of the molecule is CCOC(=O)c1c(C)[nH]c(C(=O)N(Cc2ccc(C)cc2)C2CC2)c1C. The van der Waals surface area contributed by atoms with E-state index in [2.05, 4.69) is 36.2 Å². The van der Waals surface area contributed by atoms with Crippen LogP contribution in [0.1, 0.15) is 63.0 Å². The van der Waals surface area contributed by atoms with E-state index in [0.717, 1.165) is 18.4 Å². The quantitative estimate of drug-likeness (QED) is 0.800. The van der Waals surface area contributed by atoms with Crippen LogP contribution in [-0.4, -0.2) is 34.4 Å². The standard InChI is InChI=1S/C21H26N2O3/c1-5-26-21(25)18-14(3)19(22-15(18)4)20(24)23(17-10-11-17)12-16-8-6-13(2)7-9-16/h6-9,17,22H,5,10-12H2,1-4H3. The van der Waals surface area contributed by atoms with E-state index in [-0.39, 0.29) is 17.9 Å². The highest BCUT2D eigenvalue weighted by Gasteiger charge is 2.35. The second-order valence-electron chi connectivity index (χ2n) is 7.00. The third-order valence-electron chi connectivity index (χ3n) is 4.85. The molecule has 5 heteroatoms. The Hall–Kier alpha value is -2.56. The van der Waals surface area contributed by atoms with Gasteiger partial charge in [0.25, 0.3) is 5.91 Å². The minimum absolute atomic E-state index is 0.0516. The fourth-order valence-corrected chi connectivity index (χ4v) is 3.26. The number of esters is 1. The van der Waals surface area contributed by atoms with E-state index in [1.54, 1.807) is 20.8 Å². The zero-order chi connectivity index (χ0) is 18.8. The smallest absolute Gasteiger partial charge is 0.340 e. The van der Waals surface area contributed by atoms with Crippen LogP contribution in [0.4, 0.5) is 0 Å². The molecule has 0 saturated heterocycles. The number of amides is 1. The predicted molar refractivity (Wildman–Crippen MR) is 100 cm³/mol. The second-order valence-corrected chi connectivity index (χ2v) is 7.00. The lowest BCUT2D eigenvalue weighted by atomic mass is 10.1. The Morgan fingerprint density at radius 1 is 1.15 bits per heavy atom. The molecule has 1 aliphatic rings. The molecule has 138 valence electrons. The Kier molecular flexibility index (Phi) is 5.16. The topological polar surface area (TPSA) is 62.4 Å². The molecule has 1 aliphatic carbocycles. The van der Waals surface area contributed by atoms with Gasteiger partial charge in [-0.1, -0.05) is 29.8 Å². The van der Waals surface area contributed by atoms with Crippen molar-refractivity contribution >= 4 is 11.9 Å². The van der Waals surface area contributed by atoms with Crippen LogP contribution in [0.25, 0.3) is 0 Å². The van der Waals surface area contributed by atoms with Crippen LogP contribution in [0.15, 0.2) is 24.3 Å². The van der Waals surface area contributed by atoms with Crippen LogP contribution < -0.4 is 0 Å². The van der Waals surface area contributed by atoms with Crippen LogP contribution in [0.5, 0.6) is 0 Å². The Morgan fingerprint density at radius 2 is 1.81 bits per heavy atom. The monoisotopic (exact) mass is 354 g/mol. The van der Waals surface area contributed by atoms with Gasteiger partial charge in [-0.25, -0.2) is 4.79 Å². The molecule has 0 radical (unpaired) electrons. The minimum Gasteiger partial charge on any atom is -0.462 e. The average Bonchev–Trinajstić information content (AvgIpc) is 3.39. The molecule has 0 unspecified atom stereocenters. The number of aromatic nitrogens is 1. The molecule has 1 saturated carbocycles. The van der Waals surface area contributed by atoms with Gasteiger partial charge in [0.15, 0.2) is 0 Å². The lowest BCUT2D eigenvalue weighted by molar-refractivity contribution is 0.0525. The average molecular weight is 354 g/mol. The minimum atomic E-state index is -0.380. The van der Waals surface area contributed by atoms with Crippen molar-refractivity contribution in [1.82, 2.24) is 9.88 Å². The van der Waals surface area contributed by atoms with Crippen molar-refractivity contribution in [1.29, 1.82) is 0 Å². The Balaban J connectivity index is 1.87. The zero-order valence-electron chi connectivity index (χ0n) is 15.9. The van der Waals surface area contributed by atoms with Crippen molar-refractivity contribution in [3.05, 3.63) is 57.9 Å². The number of hydrogen-bond acceptors (Lipinski definition) is 3. The van der Waals surface area contributed by atoms with Gasteiger partial charge in [0.05, 0.1) is 12.2 Å². The molecule has 5 nitrogen and oxygen atoms in total. The lowest BCUT2D eigenvalue weighted by Gasteiger charge is -2.22. The molecular weight excluding hydrogens is 328 g/mol. The maximum atomic E-state index is 13.2. The molecule has 0 spiro atoms. The van der Waals surface area contributed by atoms with E-state index < -0.39 is 0 Å². The van der Waals surface area contributed by atoms with Crippen LogP contribution in [0, 0.1) is 20.8 Å². The molecule has 26 heavy (non-hydrogen) atoms. The van der Waals surface area contributed by atoms with Crippen molar-refractivity contribution in [2.24, 2.45) is 0 Å². The van der Waals surface area contributed by atoms with E-state index >= 15 is 0 Å². The number of aryl methyl sites for hydroxylation is 2. The summed E-state index contributed by atoms with van der Waals surface area (Å²) >= 11 is 0. The first kappa shape index (κ1) is 18.2. The second kappa shape index (κ2) is 7.36. The number of nitrogens with one attached hydrogen (secondary N) is 1. The molecule has 3 rings (SSSR count). The van der Waals surface area contributed by atoms with Gasteiger partial charge in [-0.3, -0.25) is 4.79 Å². The fourth-order valence-electron chi connectivity index (χ4n) is 3.26. The Morgan fingerprint density at radius 3 is 2.38 bits per heavy atom. The normalized spacial score (nSPS) is 13.5. The summed E-state index contributed by atoms with van der Waals surface area (Å²) < 4.78 is 5.13. The van der Waals surface area contributed by atoms with Gasteiger partial charge in [-0.05, 0) is 51.7 Å². The van der Waals surface area contributed by atoms with Gasteiger partial charge in [0.1, 0.15) is 5.69 Å². The number of H-pyrrole nitrogens is 1. The third-order valence-corrected chi connectivity index (χ3v) is 4.85. The van der Waals surface area contributed by atoms with E-state index in [1.165, 1.54) is 5.56 Å². The molecule has 1 aromatic carbocycles. The van der Waals surface area contributed by atoms with Gasteiger partial charge >= 0.3 is 5.97 Å². The molecule has 0 bridgehead atoms. The van der Waals surface area contributed by atoms with Crippen molar-refractivity contribution in [3.63, 3.8) is 0 Å². The largest absolute Gasteiger partial charge is 0.462 e. The number of carbonyl (C=O) groups is 2. The summed E-state index contributed by atoms with van der Waals surface area (Å²) in [4.78, 5) is 30.4. The van der Waals surface area contributed by atoms with Gasteiger partial charge in [-0.15, -0.1) is 0 Å². The molecule has 1 N–H and O–H groups in total. The van der Waals surface area contributed by atoms with Crippen LogP contribution in [0.3, 0.4) is 0 Å². The first-order valence-corrected chi connectivity index (χ1v) is 9.15. The fraction of sp³-hybridized carbons (Fsp3) is 0.429. The van der Waals surface area contributed by atoms with E-state index in [4.69, 9.17) is 4.74 Å². The summed E-state index contributed by atoms with van der Waals surface area (Å²) in [5.74, 6) is -0.432. The Labute approximate surface area is 154 Å². The molecule has 0 aliphatic heterocycles. The summed E-state index contributed by atoms with van der Waals surface area (Å²) in [6.45, 7) is 8.33. The first-order chi connectivity index (χ1) is 12.4. The highest BCUT2D eigenvalue weighted by Crippen LogP contribution is 2.31. The van der Waals surface area contributed by atoms with Crippen molar-refractivity contribution in [2.45, 2.75) is 53.1 Å². The summed E-state index contributed by atoms with van der Waals surface area (Å²) in [5.41, 5.74) is 4.62. The highest BCUT2D eigenvalue weighted by atomic mass is 16.5. The van der Waals surface area contributed by atoms with Crippen molar-refractivity contribution < 1.29 is 14.3 Å². The number of carbonyl (C=O) groups excluding carboxylic acids is 2. The van der Waals surface area contributed by atoms with Gasteiger partial charge < -0.3 is 14.6 Å². The van der Waals surface area contributed by atoms with Crippen molar-refractivity contribution in [2.75, 3.05) is 6.61 Å². The third kappa shape index (κ3) is 3.66. The number of aromatic amines is 1. The maximum Gasteiger partial charge on any atom is 0.340 e. The number of hydrogen-bond donors (Lipinski definition) is 1. The molecule has 1 fully saturated rings. The maximum absolute atomic E-state index is 13.2. The van der Waals surface area contributed by atoms with Crippen LogP contribution in [0.2, 0.25) is 0 Å². The van der Waals surface area contributed by atoms with E-state index in [9.17, 15) is 9.59 Å². The summed E-state index contributed by atoms with van der Waals surface area (Å²) in [5, 5.41) is 0. The molecule has 1 heterocycles. The lowest BCUT2D eigenvalue weighted by Crippen LogP contribution is -2.33. The molecule has 1 aromatic heterocycles. The highest BCUT2D eigenvalue weighted by molar-refractivity contribution is 6.00. The molecular formula is C21H26N2O3. The number of ether oxygens (including phenoxy) is 1. The number of benzene rings is 1. The van der Waals surface area contributed by atoms with Gasteiger partial charge in [0.2, 0.25) is 0 Å². The van der Waals surface area contributed by atoms with E-state index in [1.807, 2.05) is 4.90 Å². The van der Waals surface area contributed by atoms with Gasteiger partial charge in [0, 0.05) is 18.3 Å². The molecule has 0 atom stereocenters. The van der Waals surface area contributed by atoms with Crippen LogP contribution >= 0.6 is 0 Å². The van der Waals surface area contributed by atoms with E-state index in [0.29, 0.717) is 35.7 Å². The Bertz CT molecular complexity index is 817. The number of rotatable bonds is 6. The zero-order valence-corrected chi connectivity index (χ0v) is 15.9. The summed E-state index contributed by atoms with van der Waals surface area (Å²) in [6.07, 6.45) is 2.06. The predicted octanol–water partition coefficient (Wildman–Crippen LogP) is 3.92. The summed E-state index contributed by atoms with van der Waals surface area (Å²) in [7, 11) is 0. The summed E-state index contributed by atoms with van der Waals surface area (Å²) in [6, 6.07) is 8.53. The van der Waals surface area contributed by atoms with Crippen molar-refractivity contribution in [3.8, 4) is 0 Å². The van der Waals surface area contributed by atoms with Crippen LogP contribution in [-0.2, 0) is 11.3 Å². The number of nitrogens with zero attached hydrogens (tertiary/aromatic N) is 1. The van der Waals surface area contributed by atoms with Gasteiger partial charge in [-0.2, -0.15) is 0 Å². The molecule has 1 amide bonds. The molecule has 2 aromatic rings. The first-order valence-electron chi connectivity index (χ1n) is 9.15.